The van der Waals surface area contributed by atoms with Crippen LogP contribution in [0.1, 0.15) is 0 Å². The lowest BCUT2D eigenvalue weighted by molar-refractivity contribution is -0.120. The van der Waals surface area contributed by atoms with Crippen molar-refractivity contribution in [3.63, 3.8) is 0 Å². The number of aliphatic hydroxyl groups is 1. The number of hydrogen-bond acceptors (Lipinski definition) is 8. The monoisotopic (exact) mass is 256 g/mol. The SMILES string of the molecule is NC1NCNC2=C1NCN2[C@H]1CNCC(CO)O1. The zero-order chi connectivity index (χ0) is 12.5. The molecule has 3 atom stereocenters. The molecular weight excluding hydrogens is 236 g/mol. The van der Waals surface area contributed by atoms with E-state index in [0.717, 1.165) is 18.1 Å². The fourth-order valence-corrected chi connectivity index (χ4v) is 2.51. The highest BCUT2D eigenvalue weighted by Crippen LogP contribution is 2.21. The summed E-state index contributed by atoms with van der Waals surface area (Å²) < 4.78 is 5.84. The van der Waals surface area contributed by atoms with Crippen LogP contribution in [-0.4, -0.2) is 61.5 Å². The molecule has 0 aromatic heterocycles. The molecule has 0 aromatic carbocycles. The van der Waals surface area contributed by atoms with Gasteiger partial charge in [0.05, 0.1) is 31.7 Å². The first-order chi connectivity index (χ1) is 8.79. The molecule has 3 aliphatic heterocycles. The summed E-state index contributed by atoms with van der Waals surface area (Å²) >= 11 is 0. The van der Waals surface area contributed by atoms with E-state index in [1.54, 1.807) is 0 Å². The van der Waals surface area contributed by atoms with Gasteiger partial charge in [-0.3, -0.25) is 5.32 Å². The first kappa shape index (κ1) is 12.0. The van der Waals surface area contributed by atoms with Crippen LogP contribution in [0.2, 0.25) is 0 Å². The van der Waals surface area contributed by atoms with Gasteiger partial charge in [-0.25, -0.2) is 0 Å². The Hall–Kier alpha value is -1.06. The fraction of sp³-hybridized carbons (Fsp3) is 0.800. The molecular formula is C10H20N6O2. The number of nitrogens with zero attached hydrogens (tertiary/aromatic N) is 1. The first-order valence-electron chi connectivity index (χ1n) is 6.24. The van der Waals surface area contributed by atoms with Crippen LogP contribution in [-0.2, 0) is 4.74 Å². The van der Waals surface area contributed by atoms with Crippen LogP contribution in [0.15, 0.2) is 11.5 Å². The zero-order valence-corrected chi connectivity index (χ0v) is 10.1. The molecule has 3 heterocycles. The predicted octanol–water partition coefficient (Wildman–Crippen LogP) is -3.24. The van der Waals surface area contributed by atoms with Crippen molar-refractivity contribution in [2.24, 2.45) is 5.73 Å². The number of ether oxygens (including phenoxy) is 1. The Balaban J connectivity index is 1.73. The van der Waals surface area contributed by atoms with Gasteiger partial charge in [-0.15, -0.1) is 0 Å². The van der Waals surface area contributed by atoms with Crippen molar-refractivity contribution >= 4 is 0 Å². The standard InChI is InChI=1S/C10H20N6O2/c11-9-8-10(14-4-13-9)16(5-15-8)7-2-12-1-6(3-17)18-7/h6-7,9,12-15,17H,1-5,11H2/t6?,7-,9?/m1/s1. The molecule has 0 spiro atoms. The van der Waals surface area contributed by atoms with Crippen molar-refractivity contribution in [3.8, 4) is 0 Å². The molecule has 0 aromatic rings. The molecule has 3 aliphatic rings. The second-order valence-electron chi connectivity index (χ2n) is 4.66. The fourth-order valence-electron chi connectivity index (χ4n) is 2.51. The van der Waals surface area contributed by atoms with Crippen LogP contribution in [0.4, 0.5) is 0 Å². The number of morpholine rings is 1. The van der Waals surface area contributed by atoms with Crippen LogP contribution >= 0.6 is 0 Å². The molecule has 1 saturated heterocycles. The lowest BCUT2D eigenvalue weighted by atomic mass is 10.3. The smallest absolute Gasteiger partial charge is 0.145 e. The quantitative estimate of drug-likeness (QED) is 0.306. The van der Waals surface area contributed by atoms with Gasteiger partial charge in [0.1, 0.15) is 18.2 Å². The van der Waals surface area contributed by atoms with Crippen LogP contribution in [0.5, 0.6) is 0 Å². The number of rotatable bonds is 2. The third kappa shape index (κ3) is 2.02. The molecule has 0 amide bonds. The van der Waals surface area contributed by atoms with Gasteiger partial charge in [0, 0.05) is 13.1 Å². The minimum atomic E-state index is -0.170. The topological polar surface area (TPSA) is 107 Å². The number of aliphatic hydroxyl groups excluding tert-OH is 1. The average molecular weight is 256 g/mol. The van der Waals surface area contributed by atoms with E-state index >= 15 is 0 Å². The van der Waals surface area contributed by atoms with E-state index in [-0.39, 0.29) is 25.1 Å². The highest BCUT2D eigenvalue weighted by molar-refractivity contribution is 5.22. The molecule has 7 N–H and O–H groups in total. The van der Waals surface area contributed by atoms with Crippen LogP contribution in [0, 0.1) is 0 Å². The van der Waals surface area contributed by atoms with Crippen LogP contribution < -0.4 is 27.0 Å². The van der Waals surface area contributed by atoms with Gasteiger partial charge in [-0.1, -0.05) is 0 Å². The van der Waals surface area contributed by atoms with Gasteiger partial charge in [-0.05, 0) is 0 Å². The summed E-state index contributed by atoms with van der Waals surface area (Å²) in [7, 11) is 0. The van der Waals surface area contributed by atoms with Gasteiger partial charge in [0.15, 0.2) is 0 Å². The van der Waals surface area contributed by atoms with Crippen LogP contribution in [0.25, 0.3) is 0 Å². The number of hydrogen-bond donors (Lipinski definition) is 6. The molecule has 2 unspecified atom stereocenters. The minimum absolute atomic E-state index is 0.0329. The second-order valence-corrected chi connectivity index (χ2v) is 4.66. The Bertz CT molecular complexity index is 349. The van der Waals surface area contributed by atoms with E-state index in [1.807, 2.05) is 0 Å². The third-order valence-corrected chi connectivity index (χ3v) is 3.46. The summed E-state index contributed by atoms with van der Waals surface area (Å²) in [6, 6.07) is 0. The summed E-state index contributed by atoms with van der Waals surface area (Å²) in [5.41, 5.74) is 6.94. The third-order valence-electron chi connectivity index (χ3n) is 3.46. The maximum absolute atomic E-state index is 9.17. The van der Waals surface area contributed by atoms with Crippen molar-refractivity contribution in [2.75, 3.05) is 33.0 Å². The van der Waals surface area contributed by atoms with E-state index in [1.165, 1.54) is 0 Å². The van der Waals surface area contributed by atoms with Gasteiger partial charge < -0.3 is 36.4 Å². The van der Waals surface area contributed by atoms with Gasteiger partial charge in [0.25, 0.3) is 0 Å². The van der Waals surface area contributed by atoms with E-state index in [9.17, 15) is 0 Å². The predicted molar refractivity (Wildman–Crippen MR) is 64.6 cm³/mol. The Morgan fingerprint density at radius 3 is 3.11 bits per heavy atom. The molecule has 0 saturated carbocycles. The molecule has 0 bridgehead atoms. The summed E-state index contributed by atoms with van der Waals surface area (Å²) in [5.74, 6) is 0.992. The van der Waals surface area contributed by atoms with Gasteiger partial charge in [0.2, 0.25) is 0 Å². The first-order valence-corrected chi connectivity index (χ1v) is 6.24. The lowest BCUT2D eigenvalue weighted by Gasteiger charge is -2.38. The maximum Gasteiger partial charge on any atom is 0.145 e. The normalized spacial score (nSPS) is 36.1. The van der Waals surface area contributed by atoms with Crippen LogP contribution in [0.3, 0.4) is 0 Å². The molecule has 0 aliphatic carbocycles. The van der Waals surface area contributed by atoms with Crippen molar-refractivity contribution in [3.05, 3.63) is 11.5 Å². The molecule has 1 fully saturated rings. The summed E-state index contributed by atoms with van der Waals surface area (Å²) in [6.07, 6.45) is -0.408. The van der Waals surface area contributed by atoms with Gasteiger partial charge in [-0.2, -0.15) is 0 Å². The number of nitrogens with one attached hydrogen (secondary N) is 4. The highest BCUT2D eigenvalue weighted by atomic mass is 16.5. The van der Waals surface area contributed by atoms with E-state index in [2.05, 4.69) is 26.2 Å². The molecule has 0 radical (unpaired) electrons. The van der Waals surface area contributed by atoms with Crippen molar-refractivity contribution in [2.45, 2.75) is 18.5 Å². The zero-order valence-electron chi connectivity index (χ0n) is 10.1. The molecule has 3 rings (SSSR count). The maximum atomic E-state index is 9.17. The lowest BCUT2D eigenvalue weighted by Crippen LogP contribution is -2.56. The van der Waals surface area contributed by atoms with Crippen molar-refractivity contribution in [1.29, 1.82) is 0 Å². The Morgan fingerprint density at radius 1 is 1.39 bits per heavy atom. The van der Waals surface area contributed by atoms with Crippen molar-refractivity contribution in [1.82, 2.24) is 26.2 Å². The van der Waals surface area contributed by atoms with Gasteiger partial charge >= 0.3 is 0 Å². The number of nitrogens with two attached hydrogens (primary N) is 1. The molecule has 102 valence electrons. The molecule has 18 heavy (non-hydrogen) atoms. The Labute approximate surface area is 106 Å². The largest absolute Gasteiger partial charge is 0.394 e. The summed E-state index contributed by atoms with van der Waals surface area (Å²) in [5, 5.41) is 22.1. The Morgan fingerprint density at radius 2 is 2.28 bits per heavy atom. The van der Waals surface area contributed by atoms with E-state index in [0.29, 0.717) is 19.9 Å². The van der Waals surface area contributed by atoms with E-state index < -0.39 is 0 Å². The second kappa shape index (κ2) is 4.90. The molecule has 8 nitrogen and oxygen atoms in total. The molecule has 8 heteroatoms. The van der Waals surface area contributed by atoms with E-state index in [4.69, 9.17) is 15.6 Å². The summed E-state index contributed by atoms with van der Waals surface area (Å²) in [4.78, 5) is 2.10. The van der Waals surface area contributed by atoms with Crippen molar-refractivity contribution < 1.29 is 9.84 Å². The Kier molecular flexibility index (Phi) is 3.27. The minimum Gasteiger partial charge on any atom is -0.394 e. The average Bonchev–Trinajstić information content (AvgIpc) is 2.84. The summed E-state index contributed by atoms with van der Waals surface area (Å²) in [6.45, 7) is 2.76. The highest BCUT2D eigenvalue weighted by Gasteiger charge is 2.35.